The van der Waals surface area contributed by atoms with Crippen LogP contribution in [0.4, 0.5) is 17.1 Å². The van der Waals surface area contributed by atoms with Crippen LogP contribution in [-0.4, -0.2) is 9.55 Å². The van der Waals surface area contributed by atoms with E-state index < -0.39 is 0 Å². The number of nitrogens with zero attached hydrogens (tertiary/aromatic N) is 3. The molecule has 0 amide bonds. The summed E-state index contributed by atoms with van der Waals surface area (Å²) in [6.07, 6.45) is 3.72. The van der Waals surface area contributed by atoms with Gasteiger partial charge in [0, 0.05) is 62.6 Å². The molecule has 11 aromatic rings. The molecule has 3 heterocycles. The molecule has 0 N–H and O–H groups in total. The summed E-state index contributed by atoms with van der Waals surface area (Å²) in [6, 6.07) is 71.4. The molecule has 57 heavy (non-hydrogen) atoms. The third-order valence-corrected chi connectivity index (χ3v) is 11.1. The Morgan fingerprint density at radius 1 is 0.404 bits per heavy atom. The SMILES string of the molecule is c1ccc(N(c2ccc(-c3cccnc3)cc2)c2ccccc2-c2cccc(-c3ccc4c5ccccc5n(-c5ccc6c(c5)oc5ccccc56)c4c3)c2)cc1. The molecule has 4 heteroatoms. The molecule has 0 aliphatic heterocycles. The Kier molecular flexibility index (Phi) is 7.78. The first kappa shape index (κ1) is 32.7. The number of furan rings is 1. The Morgan fingerprint density at radius 3 is 1.95 bits per heavy atom. The van der Waals surface area contributed by atoms with E-state index in [9.17, 15) is 0 Å². The van der Waals surface area contributed by atoms with Crippen molar-refractivity contribution in [2.75, 3.05) is 4.90 Å². The summed E-state index contributed by atoms with van der Waals surface area (Å²) in [7, 11) is 0. The van der Waals surface area contributed by atoms with Gasteiger partial charge in [-0.2, -0.15) is 0 Å². The quantitative estimate of drug-likeness (QED) is 0.164. The Bertz CT molecular complexity index is 3230. The molecule has 0 spiro atoms. The van der Waals surface area contributed by atoms with Crippen LogP contribution in [-0.2, 0) is 0 Å². The third-order valence-electron chi connectivity index (χ3n) is 11.1. The highest BCUT2D eigenvalue weighted by Crippen LogP contribution is 2.43. The van der Waals surface area contributed by atoms with Crippen LogP contribution in [0.25, 0.3) is 82.8 Å². The van der Waals surface area contributed by atoms with E-state index in [2.05, 4.69) is 196 Å². The van der Waals surface area contributed by atoms with Crippen LogP contribution in [0.15, 0.2) is 217 Å². The van der Waals surface area contributed by atoms with Crippen molar-refractivity contribution in [1.29, 1.82) is 0 Å². The minimum absolute atomic E-state index is 0.885. The lowest BCUT2D eigenvalue weighted by Gasteiger charge is -2.28. The first-order valence-electron chi connectivity index (χ1n) is 19.3. The fourth-order valence-corrected chi connectivity index (χ4v) is 8.40. The predicted molar refractivity (Wildman–Crippen MR) is 237 cm³/mol. The number of fused-ring (bicyclic) bond motifs is 6. The average molecular weight is 730 g/mol. The van der Waals surface area contributed by atoms with Gasteiger partial charge < -0.3 is 13.9 Å². The summed E-state index contributed by atoms with van der Waals surface area (Å²) in [5.41, 5.74) is 15.3. The van der Waals surface area contributed by atoms with Gasteiger partial charge in [0.1, 0.15) is 11.2 Å². The molecule has 0 aliphatic carbocycles. The van der Waals surface area contributed by atoms with E-state index in [0.717, 1.165) is 89.1 Å². The standard InChI is InChI=1S/C53H35N3O/c1-2-15-41(16-3-1)55(42-26-23-36(24-27-42)40-14-11-31-54-35-40)49-20-7-4-17-44(49)39-13-10-12-37(32-39)38-25-29-46-45-18-5-8-21-50(45)56(51(46)33-38)43-28-30-48-47-19-6-9-22-52(47)57-53(48)34-43/h1-35H. The van der Waals surface area contributed by atoms with Crippen molar-refractivity contribution in [3.8, 4) is 39.1 Å². The maximum absolute atomic E-state index is 6.35. The minimum atomic E-state index is 0.885. The van der Waals surface area contributed by atoms with Crippen LogP contribution in [0.5, 0.6) is 0 Å². The molecular formula is C53H35N3O. The van der Waals surface area contributed by atoms with Gasteiger partial charge in [-0.3, -0.25) is 4.98 Å². The van der Waals surface area contributed by atoms with E-state index in [0.29, 0.717) is 0 Å². The number of aromatic nitrogens is 2. The lowest BCUT2D eigenvalue weighted by Crippen LogP contribution is -2.11. The van der Waals surface area contributed by atoms with Gasteiger partial charge in [-0.15, -0.1) is 0 Å². The van der Waals surface area contributed by atoms with Crippen molar-refractivity contribution < 1.29 is 4.42 Å². The predicted octanol–water partition coefficient (Wildman–Crippen LogP) is 14.5. The second kappa shape index (κ2) is 13.6. The molecule has 0 fully saturated rings. The Balaban J connectivity index is 1.02. The Morgan fingerprint density at radius 2 is 1.07 bits per heavy atom. The summed E-state index contributed by atoms with van der Waals surface area (Å²) in [4.78, 5) is 6.68. The monoisotopic (exact) mass is 729 g/mol. The third kappa shape index (κ3) is 5.66. The van der Waals surface area contributed by atoms with Crippen LogP contribution in [0.2, 0.25) is 0 Å². The molecule has 0 saturated carbocycles. The first-order chi connectivity index (χ1) is 28.3. The minimum Gasteiger partial charge on any atom is -0.456 e. The van der Waals surface area contributed by atoms with Crippen molar-refractivity contribution in [2.45, 2.75) is 0 Å². The Labute approximate surface area is 330 Å². The highest BCUT2D eigenvalue weighted by Gasteiger charge is 2.19. The summed E-state index contributed by atoms with van der Waals surface area (Å²) in [5.74, 6) is 0. The van der Waals surface area contributed by atoms with Crippen LogP contribution in [0, 0.1) is 0 Å². The zero-order valence-electron chi connectivity index (χ0n) is 31.0. The van der Waals surface area contributed by atoms with Gasteiger partial charge in [0.25, 0.3) is 0 Å². The molecule has 0 saturated heterocycles. The van der Waals surface area contributed by atoms with Gasteiger partial charge in [0.2, 0.25) is 0 Å². The smallest absolute Gasteiger partial charge is 0.137 e. The van der Waals surface area contributed by atoms with Gasteiger partial charge in [-0.25, -0.2) is 0 Å². The molecule has 3 aromatic heterocycles. The number of para-hydroxylation sites is 4. The van der Waals surface area contributed by atoms with Gasteiger partial charge in [-0.1, -0.05) is 121 Å². The summed E-state index contributed by atoms with van der Waals surface area (Å²) in [6.45, 7) is 0. The maximum atomic E-state index is 6.35. The van der Waals surface area contributed by atoms with Gasteiger partial charge >= 0.3 is 0 Å². The average Bonchev–Trinajstić information content (AvgIpc) is 3.82. The molecule has 0 atom stereocenters. The summed E-state index contributed by atoms with van der Waals surface area (Å²) < 4.78 is 8.72. The topological polar surface area (TPSA) is 34.2 Å². The fourth-order valence-electron chi connectivity index (χ4n) is 8.40. The molecule has 0 bridgehead atoms. The normalized spacial score (nSPS) is 11.5. The zero-order chi connectivity index (χ0) is 37.7. The highest BCUT2D eigenvalue weighted by molar-refractivity contribution is 6.11. The molecular weight excluding hydrogens is 695 g/mol. The Hall–Kier alpha value is -7.69. The summed E-state index contributed by atoms with van der Waals surface area (Å²) >= 11 is 0. The first-order valence-corrected chi connectivity index (χ1v) is 19.3. The van der Waals surface area contributed by atoms with E-state index in [4.69, 9.17) is 4.42 Å². The lowest BCUT2D eigenvalue weighted by atomic mass is 9.96. The second-order valence-electron chi connectivity index (χ2n) is 14.4. The fraction of sp³-hybridized carbons (Fsp3) is 0. The number of anilines is 3. The lowest BCUT2D eigenvalue weighted by molar-refractivity contribution is 0.668. The zero-order valence-corrected chi connectivity index (χ0v) is 31.0. The van der Waals surface area contributed by atoms with E-state index in [1.165, 1.54) is 10.8 Å². The van der Waals surface area contributed by atoms with Crippen LogP contribution >= 0.6 is 0 Å². The van der Waals surface area contributed by atoms with E-state index in [1.807, 2.05) is 30.6 Å². The van der Waals surface area contributed by atoms with Gasteiger partial charge in [0.05, 0.1) is 16.7 Å². The molecule has 0 unspecified atom stereocenters. The second-order valence-corrected chi connectivity index (χ2v) is 14.4. The van der Waals surface area contributed by atoms with Gasteiger partial charge in [-0.05, 0) is 101 Å². The van der Waals surface area contributed by atoms with Crippen molar-refractivity contribution in [1.82, 2.24) is 9.55 Å². The molecule has 0 aliphatic rings. The van der Waals surface area contributed by atoms with Crippen molar-refractivity contribution in [3.63, 3.8) is 0 Å². The van der Waals surface area contributed by atoms with E-state index >= 15 is 0 Å². The molecule has 4 nitrogen and oxygen atoms in total. The van der Waals surface area contributed by atoms with Crippen molar-refractivity contribution in [3.05, 3.63) is 213 Å². The number of rotatable bonds is 7. The number of pyridine rings is 1. The summed E-state index contributed by atoms with van der Waals surface area (Å²) in [5, 5.41) is 4.70. The number of benzene rings is 8. The number of hydrogen-bond acceptors (Lipinski definition) is 3. The van der Waals surface area contributed by atoms with Crippen molar-refractivity contribution in [2.24, 2.45) is 0 Å². The molecule has 268 valence electrons. The molecule has 0 radical (unpaired) electrons. The van der Waals surface area contributed by atoms with Gasteiger partial charge in [0.15, 0.2) is 0 Å². The van der Waals surface area contributed by atoms with E-state index in [-0.39, 0.29) is 0 Å². The number of hydrogen-bond donors (Lipinski definition) is 0. The molecule has 8 aromatic carbocycles. The maximum Gasteiger partial charge on any atom is 0.137 e. The van der Waals surface area contributed by atoms with Crippen LogP contribution in [0.1, 0.15) is 0 Å². The van der Waals surface area contributed by atoms with Crippen molar-refractivity contribution >= 4 is 60.8 Å². The molecule has 11 rings (SSSR count). The van der Waals surface area contributed by atoms with Crippen LogP contribution < -0.4 is 4.90 Å². The van der Waals surface area contributed by atoms with E-state index in [1.54, 1.807) is 0 Å². The highest BCUT2D eigenvalue weighted by atomic mass is 16.3. The van der Waals surface area contributed by atoms with Crippen LogP contribution in [0.3, 0.4) is 0 Å². The largest absolute Gasteiger partial charge is 0.456 e.